The third-order valence-electron chi connectivity index (χ3n) is 2.92. The molecule has 2 aromatic carbocycles. The zero-order chi connectivity index (χ0) is 14.5. The van der Waals surface area contributed by atoms with Crippen molar-refractivity contribution in [1.29, 1.82) is 0 Å². The summed E-state index contributed by atoms with van der Waals surface area (Å²) in [5.74, 6) is 0.823. The van der Waals surface area contributed by atoms with Gasteiger partial charge in [0.25, 0.3) is 0 Å². The van der Waals surface area contributed by atoms with E-state index in [1.807, 2.05) is 36.4 Å². The molecule has 2 nitrogen and oxygen atoms in total. The van der Waals surface area contributed by atoms with E-state index in [4.69, 9.17) is 16.3 Å². The Hall–Kier alpha value is -0.780. The lowest BCUT2D eigenvalue weighted by molar-refractivity contribution is 0.219. The highest BCUT2D eigenvalue weighted by atomic mass is 127. The zero-order valence-electron chi connectivity index (χ0n) is 11.1. The molecule has 106 valence electrons. The van der Waals surface area contributed by atoms with Crippen molar-refractivity contribution in [1.82, 2.24) is 0 Å². The van der Waals surface area contributed by atoms with Crippen LogP contribution in [0.4, 0.5) is 0 Å². The van der Waals surface area contributed by atoms with Crippen LogP contribution >= 0.6 is 34.2 Å². The molecule has 1 N–H and O–H groups in total. The van der Waals surface area contributed by atoms with Crippen molar-refractivity contribution in [2.24, 2.45) is 0 Å². The average molecular weight is 403 g/mol. The van der Waals surface area contributed by atoms with E-state index in [-0.39, 0.29) is 0 Å². The number of ether oxygens (including phenoxy) is 1. The normalized spacial score (nSPS) is 12.2. The maximum absolute atomic E-state index is 10.5. The summed E-state index contributed by atoms with van der Waals surface area (Å²) in [5.41, 5.74) is 1.65. The number of rotatable bonds is 5. The fourth-order valence-electron chi connectivity index (χ4n) is 1.87. The van der Waals surface area contributed by atoms with Crippen LogP contribution in [-0.4, -0.2) is 11.7 Å². The maximum Gasteiger partial charge on any atom is 0.119 e. The van der Waals surface area contributed by atoms with Crippen LogP contribution in [-0.2, 0) is 0 Å². The van der Waals surface area contributed by atoms with Crippen LogP contribution in [0.1, 0.15) is 30.6 Å². The van der Waals surface area contributed by atoms with Crippen LogP contribution in [0.5, 0.6) is 5.75 Å². The molecular formula is C16H16ClIO2. The molecule has 0 spiro atoms. The van der Waals surface area contributed by atoms with Gasteiger partial charge in [0.15, 0.2) is 0 Å². The number of benzene rings is 2. The fourth-order valence-corrected chi connectivity index (χ4v) is 2.68. The van der Waals surface area contributed by atoms with Crippen molar-refractivity contribution in [2.45, 2.75) is 19.4 Å². The monoisotopic (exact) mass is 402 g/mol. The molecule has 0 aliphatic rings. The average Bonchev–Trinajstić information content (AvgIpc) is 2.47. The van der Waals surface area contributed by atoms with Crippen molar-refractivity contribution in [3.8, 4) is 5.75 Å². The smallest absolute Gasteiger partial charge is 0.119 e. The van der Waals surface area contributed by atoms with E-state index >= 15 is 0 Å². The highest BCUT2D eigenvalue weighted by Crippen LogP contribution is 2.29. The Bertz CT molecular complexity index is 569. The number of aliphatic hydroxyl groups excluding tert-OH is 1. The van der Waals surface area contributed by atoms with Crippen LogP contribution in [0.15, 0.2) is 42.5 Å². The molecule has 0 fully saturated rings. The Kier molecular flexibility index (Phi) is 5.69. The minimum atomic E-state index is -0.680. The van der Waals surface area contributed by atoms with Crippen molar-refractivity contribution in [3.05, 3.63) is 62.2 Å². The van der Waals surface area contributed by atoms with E-state index in [1.165, 1.54) is 0 Å². The third-order valence-corrected chi connectivity index (χ3v) is 4.14. The molecule has 0 aliphatic heterocycles. The summed E-state index contributed by atoms with van der Waals surface area (Å²) < 4.78 is 6.53. The molecule has 1 atom stereocenters. The minimum Gasteiger partial charge on any atom is -0.494 e. The second kappa shape index (κ2) is 7.29. The van der Waals surface area contributed by atoms with Gasteiger partial charge in [0.05, 0.1) is 6.61 Å². The van der Waals surface area contributed by atoms with Crippen molar-refractivity contribution in [2.75, 3.05) is 6.61 Å². The molecule has 0 saturated carbocycles. The van der Waals surface area contributed by atoms with Crippen LogP contribution in [0.3, 0.4) is 0 Å². The van der Waals surface area contributed by atoms with Crippen LogP contribution < -0.4 is 4.74 Å². The van der Waals surface area contributed by atoms with Gasteiger partial charge in [-0.3, -0.25) is 0 Å². The molecule has 20 heavy (non-hydrogen) atoms. The van der Waals surface area contributed by atoms with Crippen LogP contribution in [0.2, 0.25) is 5.02 Å². The van der Waals surface area contributed by atoms with Gasteiger partial charge in [0.2, 0.25) is 0 Å². The zero-order valence-corrected chi connectivity index (χ0v) is 14.1. The summed E-state index contributed by atoms with van der Waals surface area (Å²) in [6.45, 7) is 2.77. The second-order valence-corrected chi connectivity index (χ2v) is 6.08. The largest absolute Gasteiger partial charge is 0.494 e. The molecule has 0 amide bonds. The molecule has 0 aliphatic carbocycles. The first-order chi connectivity index (χ1) is 9.61. The van der Waals surface area contributed by atoms with E-state index in [1.54, 1.807) is 6.07 Å². The van der Waals surface area contributed by atoms with Gasteiger partial charge in [0.1, 0.15) is 11.9 Å². The molecule has 1 unspecified atom stereocenters. The quantitative estimate of drug-likeness (QED) is 0.727. The molecule has 0 aromatic heterocycles. The third kappa shape index (κ3) is 3.87. The van der Waals surface area contributed by atoms with Crippen LogP contribution in [0, 0.1) is 3.57 Å². The minimum absolute atomic E-state index is 0.627. The Labute approximate surface area is 137 Å². The summed E-state index contributed by atoms with van der Waals surface area (Å²) in [7, 11) is 0. The number of aliphatic hydroxyl groups is 1. The Morgan fingerprint density at radius 2 is 1.90 bits per heavy atom. The van der Waals surface area contributed by atoms with E-state index in [2.05, 4.69) is 29.5 Å². The summed E-state index contributed by atoms with van der Waals surface area (Å²) in [6, 6.07) is 13.0. The van der Waals surface area contributed by atoms with E-state index < -0.39 is 6.10 Å². The molecule has 4 heteroatoms. The Morgan fingerprint density at radius 3 is 2.55 bits per heavy atom. The molecule has 0 saturated heterocycles. The van der Waals surface area contributed by atoms with Gasteiger partial charge in [-0.2, -0.15) is 0 Å². The van der Waals surface area contributed by atoms with E-state index in [9.17, 15) is 5.11 Å². The van der Waals surface area contributed by atoms with Crippen molar-refractivity contribution in [3.63, 3.8) is 0 Å². The molecule has 0 radical (unpaired) electrons. The molecule has 2 aromatic rings. The van der Waals surface area contributed by atoms with Gasteiger partial charge >= 0.3 is 0 Å². The lowest BCUT2D eigenvalue weighted by Crippen LogP contribution is -2.02. The van der Waals surface area contributed by atoms with Crippen molar-refractivity contribution < 1.29 is 9.84 Å². The number of hydrogen-bond donors (Lipinski definition) is 1. The second-order valence-electron chi connectivity index (χ2n) is 4.49. The SMILES string of the molecule is CCCOc1ccc(C(O)c2cc(Cl)ccc2I)cc1. The maximum atomic E-state index is 10.5. The first-order valence-electron chi connectivity index (χ1n) is 6.47. The van der Waals surface area contributed by atoms with Gasteiger partial charge in [-0.05, 0) is 70.5 Å². The van der Waals surface area contributed by atoms with Gasteiger partial charge < -0.3 is 9.84 Å². The number of hydrogen-bond acceptors (Lipinski definition) is 2. The summed E-state index contributed by atoms with van der Waals surface area (Å²) >= 11 is 8.20. The predicted molar refractivity (Wildman–Crippen MR) is 90.5 cm³/mol. The first-order valence-corrected chi connectivity index (χ1v) is 7.93. The lowest BCUT2D eigenvalue weighted by Gasteiger charge is -2.14. The molecule has 2 rings (SSSR count). The van der Waals surface area contributed by atoms with Gasteiger partial charge in [-0.25, -0.2) is 0 Å². The van der Waals surface area contributed by atoms with Crippen LogP contribution in [0.25, 0.3) is 0 Å². The summed E-state index contributed by atoms with van der Waals surface area (Å²) in [5, 5.41) is 11.1. The highest BCUT2D eigenvalue weighted by molar-refractivity contribution is 14.1. The lowest BCUT2D eigenvalue weighted by atomic mass is 10.0. The highest BCUT2D eigenvalue weighted by Gasteiger charge is 2.14. The van der Waals surface area contributed by atoms with Gasteiger partial charge in [-0.15, -0.1) is 0 Å². The molecular weight excluding hydrogens is 387 g/mol. The molecule has 0 bridgehead atoms. The van der Waals surface area contributed by atoms with Gasteiger partial charge in [0, 0.05) is 8.59 Å². The molecule has 0 heterocycles. The standard InChI is InChI=1S/C16H16ClIO2/c1-2-9-20-13-6-3-11(4-7-13)16(19)14-10-12(17)5-8-15(14)18/h3-8,10,16,19H,2,9H2,1H3. The Balaban J connectivity index is 2.20. The first kappa shape index (κ1) is 15.6. The predicted octanol–water partition coefficient (Wildman–Crippen LogP) is 4.82. The van der Waals surface area contributed by atoms with E-state index in [0.29, 0.717) is 11.6 Å². The summed E-state index contributed by atoms with van der Waals surface area (Å²) in [6.07, 6.45) is 0.297. The van der Waals surface area contributed by atoms with Crippen molar-refractivity contribution >= 4 is 34.2 Å². The van der Waals surface area contributed by atoms with E-state index in [0.717, 1.165) is 26.9 Å². The fraction of sp³-hybridized carbons (Fsp3) is 0.250. The summed E-state index contributed by atoms with van der Waals surface area (Å²) in [4.78, 5) is 0. The number of halogens is 2. The topological polar surface area (TPSA) is 29.5 Å². The van der Waals surface area contributed by atoms with Gasteiger partial charge in [-0.1, -0.05) is 30.7 Å². The Morgan fingerprint density at radius 1 is 1.20 bits per heavy atom.